The molecule has 1 atom stereocenters. The van der Waals surface area contributed by atoms with Gasteiger partial charge in [-0.05, 0) is 18.9 Å². The zero-order chi connectivity index (χ0) is 16.4. The number of alkyl halides is 3. The molecule has 0 bridgehead atoms. The molecular formula is C16H24F3N3. The molecule has 1 unspecified atom stereocenters. The van der Waals surface area contributed by atoms with Crippen molar-refractivity contribution in [3.8, 4) is 0 Å². The number of nitrogens with zero attached hydrogens (tertiary/aromatic N) is 1. The Hall–Kier alpha value is -1.72. The third-order valence-electron chi connectivity index (χ3n) is 3.28. The lowest BCUT2D eigenvalue weighted by Crippen LogP contribution is -2.39. The van der Waals surface area contributed by atoms with E-state index in [0.717, 1.165) is 6.42 Å². The first kappa shape index (κ1) is 18.3. The number of benzene rings is 1. The standard InChI is InChI=1S/C16H24F3N3/c1-3-13(14-8-6-5-7-9-14)12-22-15(20-4-2)21-11-10-16(17,18)19/h5-9,13H,3-4,10-12H2,1-2H3,(H2,20,21,22). The van der Waals surface area contributed by atoms with Gasteiger partial charge in [0.15, 0.2) is 5.96 Å². The predicted octanol–water partition coefficient (Wildman–Crippen LogP) is 3.69. The molecule has 22 heavy (non-hydrogen) atoms. The summed E-state index contributed by atoms with van der Waals surface area (Å²) < 4.78 is 36.5. The van der Waals surface area contributed by atoms with Gasteiger partial charge in [0.1, 0.15) is 0 Å². The second-order valence-corrected chi connectivity index (χ2v) is 5.03. The SMILES string of the molecule is CCNC(=NCC(CC)c1ccccc1)NCCC(F)(F)F. The normalized spacial score (nSPS) is 13.8. The molecule has 0 aromatic heterocycles. The minimum atomic E-state index is -4.15. The Balaban J connectivity index is 2.60. The van der Waals surface area contributed by atoms with Crippen LogP contribution in [0.4, 0.5) is 13.2 Å². The van der Waals surface area contributed by atoms with Crippen LogP contribution in [0.1, 0.15) is 38.2 Å². The van der Waals surface area contributed by atoms with E-state index in [4.69, 9.17) is 0 Å². The third kappa shape index (κ3) is 7.33. The molecule has 1 aromatic carbocycles. The van der Waals surface area contributed by atoms with Crippen LogP contribution in [0.2, 0.25) is 0 Å². The molecular weight excluding hydrogens is 291 g/mol. The van der Waals surface area contributed by atoms with E-state index < -0.39 is 12.6 Å². The maximum absolute atomic E-state index is 12.2. The van der Waals surface area contributed by atoms with Crippen molar-refractivity contribution >= 4 is 5.96 Å². The third-order valence-corrected chi connectivity index (χ3v) is 3.28. The molecule has 6 heteroatoms. The van der Waals surface area contributed by atoms with E-state index >= 15 is 0 Å². The molecule has 0 saturated carbocycles. The second-order valence-electron chi connectivity index (χ2n) is 5.03. The summed E-state index contributed by atoms with van der Waals surface area (Å²) in [6.45, 7) is 4.95. The van der Waals surface area contributed by atoms with Gasteiger partial charge in [-0.3, -0.25) is 4.99 Å². The fourth-order valence-corrected chi connectivity index (χ4v) is 2.06. The van der Waals surface area contributed by atoms with Crippen molar-refractivity contribution in [1.82, 2.24) is 10.6 Å². The number of rotatable bonds is 7. The number of aliphatic imine (C=N–C) groups is 1. The van der Waals surface area contributed by atoms with Gasteiger partial charge >= 0.3 is 6.18 Å². The fraction of sp³-hybridized carbons (Fsp3) is 0.562. The molecule has 1 aromatic rings. The molecule has 0 heterocycles. The Morgan fingerprint density at radius 1 is 1.14 bits per heavy atom. The Labute approximate surface area is 130 Å². The van der Waals surface area contributed by atoms with Crippen LogP contribution in [0.15, 0.2) is 35.3 Å². The van der Waals surface area contributed by atoms with Crippen LogP contribution in [0.3, 0.4) is 0 Å². The number of nitrogens with one attached hydrogen (secondary N) is 2. The summed E-state index contributed by atoms with van der Waals surface area (Å²) in [6, 6.07) is 10.0. The number of halogens is 3. The summed E-state index contributed by atoms with van der Waals surface area (Å²) in [5, 5.41) is 5.70. The summed E-state index contributed by atoms with van der Waals surface area (Å²) >= 11 is 0. The van der Waals surface area contributed by atoms with E-state index in [1.54, 1.807) is 0 Å². The summed E-state index contributed by atoms with van der Waals surface area (Å²) in [5.74, 6) is 0.695. The molecule has 0 fully saturated rings. The van der Waals surface area contributed by atoms with Gasteiger partial charge in [0, 0.05) is 25.6 Å². The molecule has 1 rings (SSSR count). The number of hydrogen-bond acceptors (Lipinski definition) is 1. The van der Waals surface area contributed by atoms with Crippen LogP contribution in [-0.4, -0.2) is 31.8 Å². The molecule has 0 saturated heterocycles. The Morgan fingerprint density at radius 3 is 2.36 bits per heavy atom. The zero-order valence-electron chi connectivity index (χ0n) is 13.1. The highest BCUT2D eigenvalue weighted by molar-refractivity contribution is 5.79. The summed E-state index contributed by atoms with van der Waals surface area (Å²) in [7, 11) is 0. The van der Waals surface area contributed by atoms with E-state index in [0.29, 0.717) is 19.0 Å². The minimum absolute atomic E-state index is 0.169. The summed E-state index contributed by atoms with van der Waals surface area (Å²) in [4.78, 5) is 4.41. The van der Waals surface area contributed by atoms with Crippen LogP contribution in [0, 0.1) is 0 Å². The minimum Gasteiger partial charge on any atom is -0.357 e. The number of hydrogen-bond donors (Lipinski definition) is 2. The van der Waals surface area contributed by atoms with E-state index in [1.807, 2.05) is 37.3 Å². The van der Waals surface area contributed by atoms with Gasteiger partial charge in [-0.2, -0.15) is 13.2 Å². The van der Waals surface area contributed by atoms with Crippen molar-refractivity contribution in [1.29, 1.82) is 0 Å². The molecule has 2 N–H and O–H groups in total. The van der Waals surface area contributed by atoms with Gasteiger partial charge < -0.3 is 10.6 Å². The Kier molecular flexibility index (Phi) is 7.77. The predicted molar refractivity (Wildman–Crippen MR) is 84.1 cm³/mol. The van der Waals surface area contributed by atoms with Crippen molar-refractivity contribution in [2.24, 2.45) is 4.99 Å². The Bertz CT molecular complexity index is 444. The first-order valence-electron chi connectivity index (χ1n) is 7.60. The van der Waals surface area contributed by atoms with Gasteiger partial charge in [-0.1, -0.05) is 37.3 Å². The summed E-state index contributed by atoms with van der Waals surface area (Å²) in [5.41, 5.74) is 1.19. The lowest BCUT2D eigenvalue weighted by molar-refractivity contribution is -0.132. The van der Waals surface area contributed by atoms with Crippen molar-refractivity contribution in [2.75, 3.05) is 19.6 Å². The molecule has 0 aliphatic carbocycles. The fourth-order valence-electron chi connectivity index (χ4n) is 2.06. The van der Waals surface area contributed by atoms with Gasteiger partial charge in [-0.25, -0.2) is 0 Å². The largest absolute Gasteiger partial charge is 0.390 e. The smallest absolute Gasteiger partial charge is 0.357 e. The van der Waals surface area contributed by atoms with E-state index in [2.05, 4.69) is 22.5 Å². The lowest BCUT2D eigenvalue weighted by Gasteiger charge is -2.16. The van der Waals surface area contributed by atoms with Crippen LogP contribution in [-0.2, 0) is 0 Å². The molecule has 0 aliphatic heterocycles. The van der Waals surface area contributed by atoms with Crippen LogP contribution >= 0.6 is 0 Å². The highest BCUT2D eigenvalue weighted by Gasteiger charge is 2.26. The first-order chi connectivity index (χ1) is 10.5. The molecule has 3 nitrogen and oxygen atoms in total. The molecule has 0 aliphatic rings. The molecule has 0 spiro atoms. The van der Waals surface area contributed by atoms with Crippen LogP contribution in [0.25, 0.3) is 0 Å². The van der Waals surface area contributed by atoms with E-state index in [9.17, 15) is 13.2 Å². The quantitative estimate of drug-likeness (QED) is 0.595. The maximum Gasteiger partial charge on any atom is 0.390 e. The monoisotopic (exact) mass is 315 g/mol. The molecule has 0 amide bonds. The average Bonchev–Trinajstić information content (AvgIpc) is 2.47. The van der Waals surface area contributed by atoms with E-state index in [1.165, 1.54) is 5.56 Å². The van der Waals surface area contributed by atoms with Crippen LogP contribution in [0.5, 0.6) is 0 Å². The van der Waals surface area contributed by atoms with Crippen molar-refractivity contribution in [2.45, 2.75) is 38.8 Å². The van der Waals surface area contributed by atoms with Crippen molar-refractivity contribution in [3.05, 3.63) is 35.9 Å². The average molecular weight is 315 g/mol. The van der Waals surface area contributed by atoms with Gasteiger partial charge in [0.25, 0.3) is 0 Å². The van der Waals surface area contributed by atoms with Crippen molar-refractivity contribution < 1.29 is 13.2 Å². The van der Waals surface area contributed by atoms with Gasteiger partial charge in [-0.15, -0.1) is 0 Å². The topological polar surface area (TPSA) is 36.4 Å². The molecule has 0 radical (unpaired) electrons. The summed E-state index contributed by atoms with van der Waals surface area (Å²) in [6.07, 6.45) is -4.09. The van der Waals surface area contributed by atoms with Crippen molar-refractivity contribution in [3.63, 3.8) is 0 Å². The van der Waals surface area contributed by atoms with Gasteiger partial charge in [0.05, 0.1) is 6.42 Å². The number of guanidine groups is 1. The van der Waals surface area contributed by atoms with E-state index in [-0.39, 0.29) is 12.5 Å². The zero-order valence-corrected chi connectivity index (χ0v) is 13.1. The van der Waals surface area contributed by atoms with Crippen LogP contribution < -0.4 is 10.6 Å². The van der Waals surface area contributed by atoms with Gasteiger partial charge in [0.2, 0.25) is 0 Å². The highest BCUT2D eigenvalue weighted by Crippen LogP contribution is 2.19. The lowest BCUT2D eigenvalue weighted by atomic mass is 9.97. The second kappa shape index (κ2) is 9.33. The first-order valence-corrected chi connectivity index (χ1v) is 7.60. The molecule has 124 valence electrons. The maximum atomic E-state index is 12.2. The highest BCUT2D eigenvalue weighted by atomic mass is 19.4. The Morgan fingerprint density at radius 2 is 1.82 bits per heavy atom.